The van der Waals surface area contributed by atoms with Crippen molar-refractivity contribution in [2.45, 2.75) is 26.1 Å². The molecule has 0 saturated carbocycles. The largest absolute Gasteiger partial charge is 0.480 e. The van der Waals surface area contributed by atoms with Gasteiger partial charge in [0.15, 0.2) is 0 Å². The lowest BCUT2D eigenvalue weighted by Crippen LogP contribution is -2.25. The number of aryl methyl sites for hydroxylation is 1. The van der Waals surface area contributed by atoms with Gasteiger partial charge in [-0.15, -0.1) is 0 Å². The summed E-state index contributed by atoms with van der Waals surface area (Å²) in [5, 5.41) is 11.1. The van der Waals surface area contributed by atoms with Gasteiger partial charge in [0, 0.05) is 5.69 Å². The number of carbonyl (C=O) groups is 1. The fourth-order valence-electron chi connectivity index (χ4n) is 1.33. The summed E-state index contributed by atoms with van der Waals surface area (Å²) in [5.41, 5.74) is -0.524. The van der Waals surface area contributed by atoms with Crippen LogP contribution in [0.25, 0.3) is 0 Å². The molecule has 0 fully saturated rings. The highest BCUT2D eigenvalue weighted by Crippen LogP contribution is 2.33. The van der Waals surface area contributed by atoms with Gasteiger partial charge in [-0.25, -0.2) is 0 Å². The van der Waals surface area contributed by atoms with E-state index in [0.29, 0.717) is 0 Å². The summed E-state index contributed by atoms with van der Waals surface area (Å²) in [6.45, 7) is 2.71. The van der Waals surface area contributed by atoms with E-state index in [1.54, 1.807) is 0 Å². The van der Waals surface area contributed by atoms with Crippen LogP contribution in [0.2, 0.25) is 0 Å². The molecule has 0 heterocycles. The number of rotatable bonds is 3. The van der Waals surface area contributed by atoms with Crippen LogP contribution in [0.3, 0.4) is 0 Å². The van der Waals surface area contributed by atoms with E-state index in [-0.39, 0.29) is 11.3 Å². The minimum absolute atomic E-state index is 0.103. The SMILES string of the molecule is Cc1ccc(NC(C)C(=O)O)cc1C(F)(F)F. The van der Waals surface area contributed by atoms with Crippen molar-refractivity contribution in [3.8, 4) is 0 Å². The van der Waals surface area contributed by atoms with E-state index < -0.39 is 23.8 Å². The standard InChI is InChI=1S/C11H12F3NO2/c1-6-3-4-8(15-7(2)10(16)17)5-9(6)11(12,13)14/h3-5,7,15H,1-2H3,(H,16,17). The predicted molar refractivity (Wildman–Crippen MR) is 56.9 cm³/mol. The number of hydrogen-bond donors (Lipinski definition) is 2. The molecule has 17 heavy (non-hydrogen) atoms. The third-order valence-electron chi connectivity index (χ3n) is 2.30. The quantitative estimate of drug-likeness (QED) is 0.863. The van der Waals surface area contributed by atoms with Gasteiger partial charge < -0.3 is 10.4 Å². The Labute approximate surface area is 96.3 Å². The van der Waals surface area contributed by atoms with E-state index in [4.69, 9.17) is 5.11 Å². The smallest absolute Gasteiger partial charge is 0.416 e. The number of alkyl halides is 3. The van der Waals surface area contributed by atoms with Gasteiger partial charge in [0.25, 0.3) is 0 Å². The molecule has 0 spiro atoms. The van der Waals surface area contributed by atoms with Crippen molar-refractivity contribution in [3.63, 3.8) is 0 Å². The van der Waals surface area contributed by atoms with Gasteiger partial charge in [0.2, 0.25) is 0 Å². The van der Waals surface area contributed by atoms with E-state index in [1.165, 1.54) is 26.0 Å². The van der Waals surface area contributed by atoms with Crippen molar-refractivity contribution >= 4 is 11.7 Å². The molecular formula is C11H12F3NO2. The van der Waals surface area contributed by atoms with Crippen molar-refractivity contribution in [2.24, 2.45) is 0 Å². The number of benzene rings is 1. The van der Waals surface area contributed by atoms with Gasteiger partial charge in [0.05, 0.1) is 5.56 Å². The van der Waals surface area contributed by atoms with Crippen molar-refractivity contribution in [1.29, 1.82) is 0 Å². The second-order valence-electron chi connectivity index (χ2n) is 3.73. The highest BCUT2D eigenvalue weighted by molar-refractivity contribution is 5.76. The summed E-state index contributed by atoms with van der Waals surface area (Å²) in [7, 11) is 0. The second-order valence-corrected chi connectivity index (χ2v) is 3.73. The zero-order valence-corrected chi connectivity index (χ0v) is 9.30. The van der Waals surface area contributed by atoms with E-state index in [1.807, 2.05) is 0 Å². The molecule has 2 N–H and O–H groups in total. The number of halogens is 3. The minimum atomic E-state index is -4.44. The number of nitrogens with one attached hydrogen (secondary N) is 1. The molecule has 0 amide bonds. The normalized spacial score (nSPS) is 13.2. The van der Waals surface area contributed by atoms with Crippen LogP contribution in [0.5, 0.6) is 0 Å². The molecule has 1 aromatic carbocycles. The molecule has 0 aromatic heterocycles. The lowest BCUT2D eigenvalue weighted by Gasteiger charge is -2.15. The fourth-order valence-corrected chi connectivity index (χ4v) is 1.33. The van der Waals surface area contributed by atoms with Gasteiger partial charge >= 0.3 is 12.1 Å². The lowest BCUT2D eigenvalue weighted by molar-refractivity contribution is -0.138. The monoisotopic (exact) mass is 247 g/mol. The highest BCUT2D eigenvalue weighted by atomic mass is 19.4. The van der Waals surface area contributed by atoms with Gasteiger partial charge in [0.1, 0.15) is 6.04 Å². The summed E-state index contributed by atoms with van der Waals surface area (Å²) in [5.74, 6) is -1.13. The third-order valence-corrected chi connectivity index (χ3v) is 2.30. The maximum Gasteiger partial charge on any atom is 0.416 e. The van der Waals surface area contributed by atoms with Crippen LogP contribution < -0.4 is 5.32 Å². The Morgan fingerprint density at radius 2 is 2.00 bits per heavy atom. The number of carboxylic acids is 1. The van der Waals surface area contributed by atoms with Crippen LogP contribution in [0.15, 0.2) is 18.2 Å². The first kappa shape index (κ1) is 13.3. The molecule has 1 unspecified atom stereocenters. The summed E-state index contributed by atoms with van der Waals surface area (Å²) in [6, 6.07) is 2.69. The second kappa shape index (κ2) is 4.65. The van der Waals surface area contributed by atoms with Crippen LogP contribution in [0.4, 0.5) is 18.9 Å². The number of anilines is 1. The zero-order chi connectivity index (χ0) is 13.2. The van der Waals surface area contributed by atoms with E-state index >= 15 is 0 Å². The van der Waals surface area contributed by atoms with Gasteiger partial charge in [-0.2, -0.15) is 13.2 Å². The first-order valence-corrected chi connectivity index (χ1v) is 4.89. The summed E-state index contributed by atoms with van der Waals surface area (Å²) < 4.78 is 37.7. The van der Waals surface area contributed by atoms with Crippen LogP contribution >= 0.6 is 0 Å². The van der Waals surface area contributed by atoms with Gasteiger partial charge in [-0.05, 0) is 31.5 Å². The molecular weight excluding hydrogens is 235 g/mol. The van der Waals surface area contributed by atoms with Crippen molar-refractivity contribution in [2.75, 3.05) is 5.32 Å². The fraction of sp³-hybridized carbons (Fsp3) is 0.364. The third kappa shape index (κ3) is 3.37. The first-order chi connectivity index (χ1) is 7.71. The molecule has 0 aliphatic rings. The number of carboxylic acid groups (broad SMARTS) is 1. The molecule has 94 valence electrons. The van der Waals surface area contributed by atoms with Crippen molar-refractivity contribution in [3.05, 3.63) is 29.3 Å². The predicted octanol–water partition coefficient (Wildman–Crippen LogP) is 2.90. The average Bonchev–Trinajstić information content (AvgIpc) is 2.19. The topological polar surface area (TPSA) is 49.3 Å². The molecule has 0 bridgehead atoms. The maximum atomic E-state index is 12.6. The summed E-state index contributed by atoms with van der Waals surface area (Å²) >= 11 is 0. The van der Waals surface area contributed by atoms with Crippen LogP contribution in [0.1, 0.15) is 18.1 Å². The molecule has 6 heteroatoms. The van der Waals surface area contributed by atoms with Gasteiger partial charge in [-0.3, -0.25) is 4.79 Å². The van der Waals surface area contributed by atoms with Crippen LogP contribution in [-0.4, -0.2) is 17.1 Å². The molecule has 0 saturated heterocycles. The molecule has 1 rings (SSSR count). The lowest BCUT2D eigenvalue weighted by atomic mass is 10.1. The Balaban J connectivity index is 3.01. The molecule has 0 aliphatic heterocycles. The summed E-state index contributed by atoms with van der Waals surface area (Å²) in [6.07, 6.45) is -4.44. The van der Waals surface area contributed by atoms with Gasteiger partial charge in [-0.1, -0.05) is 6.07 Å². The highest BCUT2D eigenvalue weighted by Gasteiger charge is 2.32. The van der Waals surface area contributed by atoms with E-state index in [2.05, 4.69) is 5.32 Å². The summed E-state index contributed by atoms with van der Waals surface area (Å²) in [4.78, 5) is 10.6. The Hall–Kier alpha value is -1.72. The first-order valence-electron chi connectivity index (χ1n) is 4.89. The molecule has 1 aromatic rings. The van der Waals surface area contributed by atoms with E-state index in [0.717, 1.165) is 6.07 Å². The number of hydrogen-bond acceptors (Lipinski definition) is 2. The number of aliphatic carboxylic acids is 1. The maximum absolute atomic E-state index is 12.6. The Kier molecular flexibility index (Phi) is 3.65. The van der Waals surface area contributed by atoms with E-state index in [9.17, 15) is 18.0 Å². The van der Waals surface area contributed by atoms with Crippen molar-refractivity contribution < 1.29 is 23.1 Å². The Morgan fingerprint density at radius 1 is 1.41 bits per heavy atom. The Morgan fingerprint density at radius 3 is 2.47 bits per heavy atom. The Bertz CT molecular complexity index is 429. The molecule has 1 atom stereocenters. The van der Waals surface area contributed by atoms with Crippen LogP contribution in [-0.2, 0) is 11.0 Å². The molecule has 3 nitrogen and oxygen atoms in total. The molecule has 0 radical (unpaired) electrons. The molecule has 0 aliphatic carbocycles. The van der Waals surface area contributed by atoms with Crippen molar-refractivity contribution in [1.82, 2.24) is 0 Å². The average molecular weight is 247 g/mol. The minimum Gasteiger partial charge on any atom is -0.480 e. The van der Waals surface area contributed by atoms with Crippen LogP contribution in [0, 0.1) is 6.92 Å². The zero-order valence-electron chi connectivity index (χ0n) is 9.30.